The fourth-order valence-electron chi connectivity index (χ4n) is 2.45. The van der Waals surface area contributed by atoms with Crippen LogP contribution in [0.5, 0.6) is 0 Å². The third-order valence-electron chi connectivity index (χ3n) is 3.89. The van der Waals surface area contributed by atoms with Crippen LogP contribution in [-0.2, 0) is 0 Å². The van der Waals surface area contributed by atoms with Gasteiger partial charge in [-0.05, 0) is 29.8 Å². The van der Waals surface area contributed by atoms with Crippen LogP contribution in [0.25, 0.3) is 0 Å². The van der Waals surface area contributed by atoms with E-state index in [1.807, 2.05) is 0 Å². The first-order valence-electron chi connectivity index (χ1n) is 5.60. The van der Waals surface area contributed by atoms with Crippen molar-refractivity contribution in [3.8, 4) is 0 Å². The van der Waals surface area contributed by atoms with Gasteiger partial charge in [0.25, 0.3) is 0 Å². The molecule has 1 heteroatoms. The van der Waals surface area contributed by atoms with Crippen molar-refractivity contribution in [2.45, 2.75) is 70.1 Å². The Balaban J connectivity index is 2.77. The zero-order valence-electron chi connectivity index (χ0n) is 9.98. The Kier molecular flexibility index (Phi) is 3.44. The summed E-state index contributed by atoms with van der Waals surface area (Å²) in [6.45, 7) is 12.4. The van der Waals surface area contributed by atoms with E-state index in [1.54, 1.807) is 0 Å². The Morgan fingerprint density at radius 3 is 1.54 bits per heavy atom. The van der Waals surface area contributed by atoms with E-state index in [9.17, 15) is 0 Å². The van der Waals surface area contributed by atoms with Crippen LogP contribution in [0.2, 0.25) is 0 Å². The molecule has 0 radical (unpaired) electrons. The number of rotatable bonds is 0. The second-order valence-corrected chi connectivity index (χ2v) is 9.28. The quantitative estimate of drug-likeness (QED) is 0.500. The van der Waals surface area contributed by atoms with Gasteiger partial charge in [0.2, 0.25) is 0 Å². The molecule has 0 unspecified atom stereocenters. The monoisotopic (exact) mass is 200 g/mol. The smallest absolute Gasteiger partial charge is 0.0149 e. The van der Waals surface area contributed by atoms with Crippen molar-refractivity contribution in [1.29, 1.82) is 0 Å². The molecule has 0 aromatic heterocycles. The minimum Gasteiger partial charge on any atom is -0.0983 e. The van der Waals surface area contributed by atoms with Gasteiger partial charge in [-0.15, -0.1) is 0 Å². The van der Waals surface area contributed by atoms with Crippen LogP contribution in [0.15, 0.2) is 0 Å². The Morgan fingerprint density at radius 2 is 1.15 bits per heavy atom. The minimum atomic E-state index is 0.178. The molecule has 0 spiro atoms. The van der Waals surface area contributed by atoms with E-state index in [1.165, 1.54) is 32.1 Å². The van der Waals surface area contributed by atoms with Crippen LogP contribution in [0.3, 0.4) is 0 Å². The maximum absolute atomic E-state index is 2.51. The highest BCUT2D eigenvalue weighted by Crippen LogP contribution is 2.61. The van der Waals surface area contributed by atoms with Crippen molar-refractivity contribution in [3.63, 3.8) is 0 Å². The van der Waals surface area contributed by atoms with E-state index in [4.69, 9.17) is 0 Å². The topological polar surface area (TPSA) is 0 Å². The Morgan fingerprint density at radius 1 is 0.769 bits per heavy atom. The van der Waals surface area contributed by atoms with Gasteiger partial charge in [-0.3, -0.25) is 0 Å². The molecule has 1 saturated heterocycles. The van der Waals surface area contributed by atoms with Gasteiger partial charge in [0.1, 0.15) is 0 Å². The van der Waals surface area contributed by atoms with Crippen LogP contribution in [0.4, 0.5) is 0 Å². The average molecular weight is 200 g/mol. The van der Waals surface area contributed by atoms with Crippen molar-refractivity contribution in [1.82, 2.24) is 0 Å². The molecule has 13 heavy (non-hydrogen) atoms. The lowest BCUT2D eigenvalue weighted by Gasteiger charge is -2.45. The molecule has 78 valence electrons. The van der Waals surface area contributed by atoms with Gasteiger partial charge in [0.05, 0.1) is 0 Å². The lowest BCUT2D eigenvalue weighted by atomic mass is 9.99. The van der Waals surface area contributed by atoms with E-state index in [-0.39, 0.29) is 7.92 Å². The lowest BCUT2D eigenvalue weighted by molar-refractivity contribution is 0.476. The fourth-order valence-corrected chi connectivity index (χ4v) is 5.07. The highest BCUT2D eigenvalue weighted by Gasteiger charge is 2.37. The molecular weight excluding hydrogens is 175 g/mol. The van der Waals surface area contributed by atoms with Crippen LogP contribution < -0.4 is 0 Å². The third kappa shape index (κ3) is 2.69. The molecule has 1 fully saturated rings. The summed E-state index contributed by atoms with van der Waals surface area (Å²) in [7, 11) is 0.178. The zero-order valence-corrected chi connectivity index (χ0v) is 10.9. The van der Waals surface area contributed by atoms with Gasteiger partial charge in [-0.25, -0.2) is 0 Å². The first-order valence-corrected chi connectivity index (χ1v) is 7.39. The van der Waals surface area contributed by atoms with E-state index in [2.05, 4.69) is 34.4 Å². The summed E-state index contributed by atoms with van der Waals surface area (Å²) in [6, 6.07) is 0. The summed E-state index contributed by atoms with van der Waals surface area (Å²) in [5.74, 6) is 0. The second-order valence-electron chi connectivity index (χ2n) is 5.74. The SMILES string of the molecule is CP1C(C)(C)CCCCCC1(C)C. The highest BCUT2D eigenvalue weighted by molar-refractivity contribution is 7.60. The van der Waals surface area contributed by atoms with Crippen LogP contribution in [0, 0.1) is 0 Å². The molecule has 1 aliphatic rings. The summed E-state index contributed by atoms with van der Waals surface area (Å²) in [5.41, 5.74) is 0. The Bertz CT molecular complexity index is 152. The van der Waals surface area contributed by atoms with Gasteiger partial charge in [-0.2, -0.15) is 0 Å². The molecule has 0 atom stereocenters. The Labute approximate surface area is 85.2 Å². The molecule has 0 saturated carbocycles. The summed E-state index contributed by atoms with van der Waals surface area (Å²) in [4.78, 5) is 0. The van der Waals surface area contributed by atoms with Gasteiger partial charge >= 0.3 is 0 Å². The van der Waals surface area contributed by atoms with E-state index < -0.39 is 0 Å². The molecule has 0 aliphatic carbocycles. The normalized spacial score (nSPS) is 29.3. The highest BCUT2D eigenvalue weighted by atomic mass is 31.1. The van der Waals surface area contributed by atoms with Gasteiger partial charge in [0.15, 0.2) is 0 Å². The molecule has 0 nitrogen and oxygen atoms in total. The van der Waals surface area contributed by atoms with Crippen molar-refractivity contribution >= 4 is 7.92 Å². The van der Waals surface area contributed by atoms with E-state index in [0.717, 1.165) is 0 Å². The molecule has 0 N–H and O–H groups in total. The fraction of sp³-hybridized carbons (Fsp3) is 1.00. The zero-order chi connectivity index (χ0) is 10.1. The van der Waals surface area contributed by atoms with Gasteiger partial charge in [0, 0.05) is 0 Å². The standard InChI is InChI=1S/C12H25P/c1-11(2)9-7-6-8-10-12(3,4)13(11)5/h6-10H2,1-5H3. The van der Waals surface area contributed by atoms with Crippen molar-refractivity contribution < 1.29 is 0 Å². The van der Waals surface area contributed by atoms with E-state index in [0.29, 0.717) is 10.3 Å². The second kappa shape index (κ2) is 3.89. The van der Waals surface area contributed by atoms with Gasteiger partial charge in [-0.1, -0.05) is 54.9 Å². The number of hydrogen-bond acceptors (Lipinski definition) is 0. The average Bonchev–Trinajstić information content (AvgIpc) is 2.01. The lowest BCUT2D eigenvalue weighted by Crippen LogP contribution is -2.31. The Hall–Kier alpha value is 0.430. The first-order chi connectivity index (χ1) is 5.86. The molecule has 0 bridgehead atoms. The molecule has 1 rings (SSSR count). The van der Waals surface area contributed by atoms with Crippen molar-refractivity contribution in [2.75, 3.05) is 6.66 Å². The first kappa shape index (κ1) is 11.5. The predicted molar refractivity (Wildman–Crippen MR) is 64.1 cm³/mol. The van der Waals surface area contributed by atoms with Gasteiger partial charge < -0.3 is 0 Å². The van der Waals surface area contributed by atoms with Crippen LogP contribution in [-0.4, -0.2) is 17.0 Å². The molecule has 0 amide bonds. The molecular formula is C12H25P. The van der Waals surface area contributed by atoms with Crippen LogP contribution in [0.1, 0.15) is 59.8 Å². The van der Waals surface area contributed by atoms with Crippen molar-refractivity contribution in [3.05, 3.63) is 0 Å². The minimum absolute atomic E-state index is 0.178. The van der Waals surface area contributed by atoms with Crippen molar-refractivity contribution in [2.24, 2.45) is 0 Å². The summed E-state index contributed by atoms with van der Waals surface area (Å²) in [6.07, 6.45) is 7.25. The number of hydrogen-bond donors (Lipinski definition) is 0. The largest absolute Gasteiger partial charge is 0.0983 e. The summed E-state index contributed by atoms with van der Waals surface area (Å²) in [5, 5.41) is 1.22. The molecule has 0 aromatic rings. The summed E-state index contributed by atoms with van der Waals surface area (Å²) >= 11 is 0. The molecule has 1 heterocycles. The maximum atomic E-state index is 2.51. The molecule has 0 aromatic carbocycles. The summed E-state index contributed by atoms with van der Waals surface area (Å²) < 4.78 is 0. The maximum Gasteiger partial charge on any atom is -0.0149 e. The van der Waals surface area contributed by atoms with Crippen LogP contribution >= 0.6 is 7.92 Å². The predicted octanol–water partition coefficient (Wildman–Crippen LogP) is 4.62. The van der Waals surface area contributed by atoms with E-state index >= 15 is 0 Å². The third-order valence-corrected chi connectivity index (χ3v) is 7.97. The molecule has 1 aliphatic heterocycles.